The van der Waals surface area contributed by atoms with Gasteiger partial charge in [0.1, 0.15) is 5.75 Å². The zero-order valence-corrected chi connectivity index (χ0v) is 13.1. The molecule has 0 aliphatic carbocycles. The van der Waals surface area contributed by atoms with Crippen molar-refractivity contribution in [1.82, 2.24) is 9.55 Å². The molecule has 0 radical (unpaired) electrons. The predicted octanol–water partition coefficient (Wildman–Crippen LogP) is 2.84. The Morgan fingerprint density at radius 1 is 1.43 bits per heavy atom. The number of nitrogens with zero attached hydrogens (tertiary/aromatic N) is 2. The number of para-hydroxylation sites is 2. The molecule has 1 atom stereocenters. The molecule has 0 unspecified atom stereocenters. The highest BCUT2D eigenvalue weighted by Crippen LogP contribution is 2.29. The predicted molar refractivity (Wildman–Crippen MR) is 83.7 cm³/mol. The lowest BCUT2D eigenvalue weighted by Gasteiger charge is -2.16. The van der Waals surface area contributed by atoms with Crippen LogP contribution in [0.15, 0.2) is 40.3 Å². The van der Waals surface area contributed by atoms with E-state index in [0.717, 1.165) is 12.5 Å². The van der Waals surface area contributed by atoms with Crippen molar-refractivity contribution in [2.24, 2.45) is 0 Å². The Morgan fingerprint density at radius 3 is 2.81 bits per heavy atom. The zero-order chi connectivity index (χ0) is 15.4. The van der Waals surface area contributed by atoms with E-state index in [1.165, 1.54) is 16.3 Å². The van der Waals surface area contributed by atoms with Gasteiger partial charge in [-0.1, -0.05) is 37.7 Å². The maximum Gasteiger partial charge on any atom is 0.262 e. The van der Waals surface area contributed by atoms with Crippen LogP contribution < -0.4 is 10.3 Å². The summed E-state index contributed by atoms with van der Waals surface area (Å²) in [6.07, 6.45) is 0.933. The van der Waals surface area contributed by atoms with E-state index in [4.69, 9.17) is 4.74 Å². The first-order valence-electron chi connectivity index (χ1n) is 6.70. The van der Waals surface area contributed by atoms with Crippen LogP contribution in [0.5, 0.6) is 11.6 Å². The number of thioether (sulfide) groups is 1. The fourth-order valence-electron chi connectivity index (χ4n) is 1.83. The third-order valence-electron chi connectivity index (χ3n) is 3.08. The standard InChI is InChI=1S/C15H18N2O3S/c1-4-10(2)21-15-16-13(18)9-14(19)17(15)11-7-5-6-8-12(11)20-3/h5-10,18H,4H2,1-3H3/t10-/m1/s1. The van der Waals surface area contributed by atoms with Gasteiger partial charge in [0, 0.05) is 5.25 Å². The Labute approximate surface area is 127 Å². The number of aromatic hydroxyl groups is 1. The second-order valence-electron chi connectivity index (χ2n) is 4.58. The van der Waals surface area contributed by atoms with Gasteiger partial charge in [-0.15, -0.1) is 0 Å². The van der Waals surface area contributed by atoms with E-state index in [0.29, 0.717) is 16.6 Å². The van der Waals surface area contributed by atoms with E-state index in [1.54, 1.807) is 19.2 Å². The largest absolute Gasteiger partial charge is 0.495 e. The van der Waals surface area contributed by atoms with Gasteiger partial charge >= 0.3 is 0 Å². The van der Waals surface area contributed by atoms with Crippen LogP contribution in [-0.2, 0) is 0 Å². The SMILES string of the molecule is CC[C@@H](C)Sc1nc(O)cc(=O)n1-c1ccccc1OC. The molecule has 1 heterocycles. The molecule has 0 fully saturated rings. The van der Waals surface area contributed by atoms with Gasteiger partial charge in [-0.2, -0.15) is 4.98 Å². The maximum atomic E-state index is 12.3. The van der Waals surface area contributed by atoms with E-state index in [1.807, 2.05) is 19.1 Å². The van der Waals surface area contributed by atoms with Crippen molar-refractivity contribution in [3.05, 3.63) is 40.7 Å². The van der Waals surface area contributed by atoms with Crippen LogP contribution in [0.25, 0.3) is 5.69 Å². The summed E-state index contributed by atoms with van der Waals surface area (Å²) in [4.78, 5) is 16.4. The Morgan fingerprint density at radius 2 is 2.14 bits per heavy atom. The molecule has 0 saturated carbocycles. The zero-order valence-electron chi connectivity index (χ0n) is 12.2. The average molecular weight is 306 g/mol. The lowest BCUT2D eigenvalue weighted by molar-refractivity contribution is 0.409. The molecule has 0 aliphatic heterocycles. The number of methoxy groups -OCH3 is 1. The van der Waals surface area contributed by atoms with Crippen LogP contribution in [0.4, 0.5) is 0 Å². The summed E-state index contributed by atoms with van der Waals surface area (Å²) in [5.74, 6) is 0.315. The average Bonchev–Trinajstić information content (AvgIpc) is 2.46. The van der Waals surface area contributed by atoms with Gasteiger partial charge in [0.15, 0.2) is 5.16 Å². The second kappa shape index (κ2) is 6.67. The minimum Gasteiger partial charge on any atom is -0.495 e. The first-order chi connectivity index (χ1) is 10.1. The first kappa shape index (κ1) is 15.4. The molecule has 0 aliphatic rings. The summed E-state index contributed by atoms with van der Waals surface area (Å²) in [6, 6.07) is 8.34. The molecule has 112 valence electrons. The van der Waals surface area contributed by atoms with Crippen LogP contribution in [0.3, 0.4) is 0 Å². The summed E-state index contributed by atoms with van der Waals surface area (Å²) in [5, 5.41) is 10.3. The summed E-state index contributed by atoms with van der Waals surface area (Å²) < 4.78 is 6.78. The molecule has 21 heavy (non-hydrogen) atoms. The fraction of sp³-hybridized carbons (Fsp3) is 0.333. The van der Waals surface area contributed by atoms with Gasteiger partial charge in [-0.25, -0.2) is 0 Å². The van der Waals surface area contributed by atoms with Crippen molar-refractivity contribution in [3.8, 4) is 17.3 Å². The minimum absolute atomic E-state index is 0.267. The number of hydrogen-bond acceptors (Lipinski definition) is 5. The van der Waals surface area contributed by atoms with Crippen LogP contribution in [0.2, 0.25) is 0 Å². The maximum absolute atomic E-state index is 12.3. The molecule has 1 aromatic carbocycles. The first-order valence-corrected chi connectivity index (χ1v) is 7.58. The third kappa shape index (κ3) is 3.39. The Balaban J connectivity index is 2.64. The summed E-state index contributed by atoms with van der Waals surface area (Å²) >= 11 is 1.45. The van der Waals surface area contributed by atoms with Gasteiger partial charge in [0.25, 0.3) is 5.56 Å². The van der Waals surface area contributed by atoms with Gasteiger partial charge in [-0.3, -0.25) is 9.36 Å². The van der Waals surface area contributed by atoms with E-state index in [2.05, 4.69) is 11.9 Å². The highest BCUT2D eigenvalue weighted by molar-refractivity contribution is 7.99. The Kier molecular flexibility index (Phi) is 4.90. The van der Waals surface area contributed by atoms with Crippen molar-refractivity contribution < 1.29 is 9.84 Å². The van der Waals surface area contributed by atoms with Crippen molar-refractivity contribution in [3.63, 3.8) is 0 Å². The van der Waals surface area contributed by atoms with E-state index >= 15 is 0 Å². The normalized spacial score (nSPS) is 12.1. The van der Waals surface area contributed by atoms with Crippen LogP contribution in [-0.4, -0.2) is 27.0 Å². The van der Waals surface area contributed by atoms with Crippen molar-refractivity contribution in [1.29, 1.82) is 0 Å². The van der Waals surface area contributed by atoms with E-state index in [9.17, 15) is 9.90 Å². The topological polar surface area (TPSA) is 64.4 Å². The minimum atomic E-state index is -0.335. The van der Waals surface area contributed by atoms with Gasteiger partial charge in [0.2, 0.25) is 5.88 Å². The molecule has 2 rings (SSSR count). The second-order valence-corrected chi connectivity index (χ2v) is 5.98. The molecule has 0 bridgehead atoms. The molecular weight excluding hydrogens is 288 g/mol. The molecular formula is C15H18N2O3S. The molecule has 2 aromatic rings. The molecule has 0 amide bonds. The van der Waals surface area contributed by atoms with Gasteiger partial charge < -0.3 is 9.84 Å². The quantitative estimate of drug-likeness (QED) is 0.680. The summed E-state index contributed by atoms with van der Waals surface area (Å²) in [6.45, 7) is 4.11. The Bertz CT molecular complexity index is 685. The van der Waals surface area contributed by atoms with Crippen LogP contribution in [0, 0.1) is 0 Å². The van der Waals surface area contributed by atoms with Gasteiger partial charge in [0.05, 0.1) is 18.9 Å². The highest BCUT2D eigenvalue weighted by atomic mass is 32.2. The monoisotopic (exact) mass is 306 g/mol. The smallest absolute Gasteiger partial charge is 0.262 e. The molecule has 0 spiro atoms. The fourth-order valence-corrected chi connectivity index (χ4v) is 2.79. The molecule has 1 N–H and O–H groups in total. The van der Waals surface area contributed by atoms with Crippen LogP contribution in [0.1, 0.15) is 20.3 Å². The van der Waals surface area contributed by atoms with Gasteiger partial charge in [-0.05, 0) is 18.6 Å². The van der Waals surface area contributed by atoms with Crippen molar-refractivity contribution in [2.75, 3.05) is 7.11 Å². The number of benzene rings is 1. The lowest BCUT2D eigenvalue weighted by atomic mass is 10.3. The molecule has 0 saturated heterocycles. The molecule has 6 heteroatoms. The van der Waals surface area contributed by atoms with Crippen LogP contribution >= 0.6 is 11.8 Å². The Hall–Kier alpha value is -1.95. The number of aromatic nitrogens is 2. The van der Waals surface area contributed by atoms with Crippen molar-refractivity contribution in [2.45, 2.75) is 30.7 Å². The number of rotatable bonds is 5. The third-order valence-corrected chi connectivity index (χ3v) is 4.30. The molecule has 1 aromatic heterocycles. The summed E-state index contributed by atoms with van der Waals surface area (Å²) in [5.41, 5.74) is 0.279. The van der Waals surface area contributed by atoms with E-state index in [-0.39, 0.29) is 16.7 Å². The lowest BCUT2D eigenvalue weighted by Crippen LogP contribution is -2.21. The summed E-state index contributed by atoms with van der Waals surface area (Å²) in [7, 11) is 1.55. The number of ether oxygens (including phenoxy) is 1. The van der Waals surface area contributed by atoms with E-state index < -0.39 is 0 Å². The van der Waals surface area contributed by atoms with Crippen molar-refractivity contribution >= 4 is 11.8 Å². The number of hydrogen-bond donors (Lipinski definition) is 1. The molecule has 5 nitrogen and oxygen atoms in total. The highest BCUT2D eigenvalue weighted by Gasteiger charge is 2.16.